The van der Waals surface area contributed by atoms with Crippen LogP contribution in [0.2, 0.25) is 0 Å². The van der Waals surface area contributed by atoms with Gasteiger partial charge in [0, 0.05) is 55.4 Å². The van der Waals surface area contributed by atoms with E-state index < -0.39 is 0 Å². The maximum Gasteiger partial charge on any atom is 0.197 e. The Balaban J connectivity index is 1.11. The topological polar surface area (TPSA) is 45.0 Å². The van der Waals surface area contributed by atoms with E-state index in [0.29, 0.717) is 38.1 Å². The minimum atomic E-state index is -0.145. The maximum atomic E-state index is 15.7. The van der Waals surface area contributed by atoms with Gasteiger partial charge in [0.2, 0.25) is 0 Å². The van der Waals surface area contributed by atoms with Gasteiger partial charge in [0.05, 0.1) is 27.9 Å². The normalized spacial score (nSPS) is 11.4. The van der Waals surface area contributed by atoms with E-state index in [1.807, 2.05) is 103 Å². The van der Waals surface area contributed by atoms with Crippen LogP contribution in [0.25, 0.3) is 82.6 Å². The van der Waals surface area contributed by atoms with Crippen LogP contribution in [0.1, 0.15) is 0 Å². The van der Waals surface area contributed by atoms with E-state index in [1.165, 1.54) is 0 Å². The Morgan fingerprint density at radius 1 is 0.260 bits per heavy atom. The Morgan fingerprint density at radius 3 is 1.00 bits per heavy atom. The number of pyridine rings is 2. The van der Waals surface area contributed by atoms with Crippen molar-refractivity contribution in [3.63, 3.8) is 0 Å². The molecule has 0 saturated heterocycles. The molecule has 0 spiro atoms. The first kappa shape index (κ1) is 43.2. The van der Waals surface area contributed by atoms with Gasteiger partial charge in [-0.25, -0.2) is 0 Å². The Labute approximate surface area is 422 Å². The molecule has 0 saturated carbocycles. The predicted molar refractivity (Wildman–Crippen MR) is 305 cm³/mol. The van der Waals surface area contributed by atoms with Crippen molar-refractivity contribution in [2.75, 3.05) is 9.80 Å². The van der Waals surface area contributed by atoms with Crippen LogP contribution < -0.4 is 20.7 Å². The van der Waals surface area contributed by atoms with Crippen LogP contribution >= 0.6 is 0 Å². The quantitative estimate of drug-likeness (QED) is 0.101. The SMILES string of the molecule is O=c1c2cc(N(c3ccccc3)c3ccccc3-c3ccccc3)ccc2n2c3ccc(N(c4ccccc4)c4ccccc4-c4ccccc4)cc3c(=O)c3cc(-c4ccccc4-c4ccccc4)cc1c32. The second kappa shape index (κ2) is 18.2. The van der Waals surface area contributed by atoms with Gasteiger partial charge in [0.15, 0.2) is 10.9 Å². The number of benzene rings is 11. The molecule has 0 amide bonds. The molecule has 0 bridgehead atoms. The van der Waals surface area contributed by atoms with Crippen LogP contribution in [-0.4, -0.2) is 4.40 Å². The van der Waals surface area contributed by atoms with Crippen molar-refractivity contribution >= 4 is 72.2 Å². The number of fused-ring (bicyclic) bond motifs is 4. The molecule has 0 aliphatic carbocycles. The van der Waals surface area contributed by atoms with Crippen molar-refractivity contribution in [3.8, 4) is 44.5 Å². The van der Waals surface area contributed by atoms with Gasteiger partial charge in [-0.2, -0.15) is 0 Å². The molecular weight excluding hydrogens is 891 g/mol. The number of rotatable bonds is 10. The number of para-hydroxylation sites is 4. The van der Waals surface area contributed by atoms with Crippen molar-refractivity contribution in [2.24, 2.45) is 0 Å². The average Bonchev–Trinajstić information content (AvgIpc) is 3.47. The number of hydrogen-bond donors (Lipinski definition) is 0. The van der Waals surface area contributed by atoms with Crippen molar-refractivity contribution in [1.82, 2.24) is 4.40 Å². The van der Waals surface area contributed by atoms with E-state index in [-0.39, 0.29) is 10.9 Å². The fourth-order valence-corrected chi connectivity index (χ4v) is 10.8. The second-order valence-electron chi connectivity index (χ2n) is 18.3. The summed E-state index contributed by atoms with van der Waals surface area (Å²) < 4.78 is 2.15. The smallest absolute Gasteiger partial charge is 0.197 e. The minimum absolute atomic E-state index is 0.145. The van der Waals surface area contributed by atoms with E-state index in [2.05, 4.69) is 184 Å². The summed E-state index contributed by atoms with van der Waals surface area (Å²) in [5.74, 6) is 0. The first-order valence-electron chi connectivity index (χ1n) is 24.6. The molecule has 5 heteroatoms. The van der Waals surface area contributed by atoms with Crippen molar-refractivity contribution in [1.29, 1.82) is 0 Å². The highest BCUT2D eigenvalue weighted by molar-refractivity contribution is 6.11. The molecule has 0 unspecified atom stereocenters. The van der Waals surface area contributed by atoms with Crippen LogP contribution in [0.4, 0.5) is 34.1 Å². The number of anilines is 6. The lowest BCUT2D eigenvalue weighted by Gasteiger charge is -2.29. The molecule has 73 heavy (non-hydrogen) atoms. The van der Waals surface area contributed by atoms with Gasteiger partial charge in [-0.1, -0.05) is 188 Å². The average molecular weight is 936 g/mol. The Hall–Kier alpha value is -9.84. The van der Waals surface area contributed by atoms with E-state index in [1.54, 1.807) is 0 Å². The summed E-state index contributed by atoms with van der Waals surface area (Å²) in [5, 5.41) is 2.02. The molecule has 0 aliphatic rings. The summed E-state index contributed by atoms with van der Waals surface area (Å²) in [7, 11) is 0. The molecule has 13 rings (SSSR count). The lowest BCUT2D eigenvalue weighted by Crippen LogP contribution is -2.17. The molecule has 0 N–H and O–H groups in total. The first-order chi connectivity index (χ1) is 36.1. The third-order valence-corrected chi connectivity index (χ3v) is 14.1. The standard InChI is InChI=1S/C68H45N3O2/c72-67-58-44-52(69(50-28-12-4-13-29-50)62-36-20-18-34-56(62)47-24-8-2-9-25-47)38-40-64(58)71-65-41-39-53(70(51-30-14-5-15-31-51)63-37-21-19-35-57(63)48-26-10-3-11-27-48)45-59(65)68(73)61-43-49(42-60(67)66(61)71)55-33-17-16-32-54(55)46-22-6-1-7-23-46/h1-45H. The van der Waals surface area contributed by atoms with Gasteiger partial charge in [0.1, 0.15) is 0 Å². The highest BCUT2D eigenvalue weighted by Crippen LogP contribution is 2.45. The monoisotopic (exact) mass is 935 g/mol. The molecule has 0 radical (unpaired) electrons. The van der Waals surface area contributed by atoms with Gasteiger partial charge in [-0.3, -0.25) is 9.59 Å². The fraction of sp³-hybridized carbons (Fsp3) is 0. The van der Waals surface area contributed by atoms with Gasteiger partial charge >= 0.3 is 0 Å². The van der Waals surface area contributed by atoms with Crippen molar-refractivity contribution in [3.05, 3.63) is 293 Å². The van der Waals surface area contributed by atoms with E-state index in [4.69, 9.17) is 0 Å². The highest BCUT2D eigenvalue weighted by atomic mass is 16.1. The van der Waals surface area contributed by atoms with E-state index in [0.717, 1.165) is 78.6 Å². The molecule has 11 aromatic carbocycles. The Bertz CT molecular complexity index is 4060. The molecule has 0 fully saturated rings. The summed E-state index contributed by atoms with van der Waals surface area (Å²) >= 11 is 0. The first-order valence-corrected chi connectivity index (χ1v) is 24.6. The second-order valence-corrected chi connectivity index (χ2v) is 18.3. The summed E-state index contributed by atoms with van der Waals surface area (Å²) in [6.07, 6.45) is 0. The number of hydrogen-bond acceptors (Lipinski definition) is 4. The van der Waals surface area contributed by atoms with Crippen LogP contribution in [0, 0.1) is 0 Å². The third kappa shape index (κ3) is 7.50. The fourth-order valence-electron chi connectivity index (χ4n) is 10.8. The molecule has 2 aromatic heterocycles. The summed E-state index contributed by atoms with van der Waals surface area (Å²) in [5.41, 5.74) is 15.3. The van der Waals surface area contributed by atoms with Crippen LogP contribution in [0.5, 0.6) is 0 Å². The zero-order chi connectivity index (χ0) is 48.8. The van der Waals surface area contributed by atoms with Gasteiger partial charge in [-0.15, -0.1) is 0 Å². The molecule has 2 heterocycles. The lowest BCUT2D eigenvalue weighted by atomic mass is 9.92. The van der Waals surface area contributed by atoms with Crippen molar-refractivity contribution < 1.29 is 0 Å². The van der Waals surface area contributed by atoms with E-state index in [9.17, 15) is 0 Å². The highest BCUT2D eigenvalue weighted by Gasteiger charge is 2.24. The van der Waals surface area contributed by atoms with Crippen molar-refractivity contribution in [2.45, 2.75) is 0 Å². The third-order valence-electron chi connectivity index (χ3n) is 14.1. The number of aromatic nitrogens is 1. The Kier molecular flexibility index (Phi) is 10.7. The van der Waals surface area contributed by atoms with E-state index >= 15 is 9.59 Å². The molecule has 344 valence electrons. The zero-order valence-electron chi connectivity index (χ0n) is 39.6. The zero-order valence-corrected chi connectivity index (χ0v) is 39.6. The maximum absolute atomic E-state index is 15.7. The summed E-state index contributed by atoms with van der Waals surface area (Å²) in [6, 6.07) is 93.0. The summed E-state index contributed by atoms with van der Waals surface area (Å²) in [6.45, 7) is 0. The molecule has 13 aromatic rings. The largest absolute Gasteiger partial charge is 0.310 e. The molecule has 5 nitrogen and oxygen atoms in total. The number of nitrogens with zero attached hydrogens (tertiary/aromatic N) is 3. The van der Waals surface area contributed by atoms with Crippen LogP contribution in [-0.2, 0) is 0 Å². The summed E-state index contributed by atoms with van der Waals surface area (Å²) in [4.78, 5) is 35.8. The molecular formula is C68H45N3O2. The van der Waals surface area contributed by atoms with Gasteiger partial charge in [-0.05, 0) is 118 Å². The minimum Gasteiger partial charge on any atom is -0.310 e. The van der Waals surface area contributed by atoms with Crippen LogP contribution in [0.15, 0.2) is 283 Å². The lowest BCUT2D eigenvalue weighted by molar-refractivity contribution is 1.26. The van der Waals surface area contributed by atoms with Gasteiger partial charge < -0.3 is 14.2 Å². The Morgan fingerprint density at radius 2 is 0.589 bits per heavy atom. The predicted octanol–water partition coefficient (Wildman–Crippen LogP) is 17.2. The van der Waals surface area contributed by atoms with Gasteiger partial charge in [0.25, 0.3) is 0 Å². The van der Waals surface area contributed by atoms with Crippen LogP contribution in [0.3, 0.4) is 0 Å². The molecule has 0 atom stereocenters. The molecule has 0 aliphatic heterocycles.